The molecule has 1 atom stereocenters. The van der Waals surface area contributed by atoms with E-state index in [1.54, 1.807) is 11.1 Å². The molecular weight excluding hydrogens is 402 g/mol. The maximum atomic E-state index is 13.4. The van der Waals surface area contributed by atoms with Crippen LogP contribution in [0.25, 0.3) is 11.0 Å². The zero-order valence-electron chi connectivity index (χ0n) is 17.9. The van der Waals surface area contributed by atoms with E-state index in [2.05, 4.69) is 10.3 Å². The predicted octanol–water partition coefficient (Wildman–Crippen LogP) is 4.16. The van der Waals surface area contributed by atoms with Gasteiger partial charge in [-0.25, -0.2) is 4.98 Å². The van der Waals surface area contributed by atoms with Crippen LogP contribution in [0.4, 0.5) is 11.6 Å². The Bertz CT molecular complexity index is 1330. The molecule has 32 heavy (non-hydrogen) atoms. The number of amides is 2. The Balaban J connectivity index is 1.48. The fourth-order valence-corrected chi connectivity index (χ4v) is 4.15. The Hall–Kier alpha value is -4.00. The fraction of sp³-hybridized carbons (Fsp3) is 0.200. The summed E-state index contributed by atoms with van der Waals surface area (Å²) in [5.41, 5.74) is 5.20. The van der Waals surface area contributed by atoms with Crippen LogP contribution in [0.5, 0.6) is 0 Å². The van der Waals surface area contributed by atoms with E-state index in [4.69, 9.17) is 4.98 Å². The number of carbonyl (C=O) groups excluding carboxylic acids is 2. The van der Waals surface area contributed by atoms with Gasteiger partial charge in [0.25, 0.3) is 5.91 Å². The molecular formula is C25H23N5O2. The highest BCUT2D eigenvalue weighted by atomic mass is 16.2. The summed E-state index contributed by atoms with van der Waals surface area (Å²) in [5, 5.41) is 2.98. The zero-order valence-corrected chi connectivity index (χ0v) is 17.9. The van der Waals surface area contributed by atoms with Crippen LogP contribution in [0.3, 0.4) is 0 Å². The average Bonchev–Trinajstić information content (AvgIpc) is 3.28. The number of para-hydroxylation sites is 2. The summed E-state index contributed by atoms with van der Waals surface area (Å²) in [7, 11) is 0. The molecule has 0 bridgehead atoms. The van der Waals surface area contributed by atoms with Gasteiger partial charge in [0.2, 0.25) is 11.9 Å². The SMILES string of the molecule is Cc1ccc(C)c(NC(=O)C[C@H]2C(=O)N(Cc3ccccn3)c3nc4ccccc4n32)c1. The molecule has 7 nitrogen and oxygen atoms in total. The second-order valence-electron chi connectivity index (χ2n) is 8.10. The van der Waals surface area contributed by atoms with Crippen LogP contribution in [0.15, 0.2) is 66.9 Å². The second kappa shape index (κ2) is 7.92. The van der Waals surface area contributed by atoms with Crippen molar-refractivity contribution in [3.05, 3.63) is 83.7 Å². The third-order valence-corrected chi connectivity index (χ3v) is 5.77. The number of aromatic nitrogens is 3. The summed E-state index contributed by atoms with van der Waals surface area (Å²) in [5.74, 6) is 0.187. The summed E-state index contributed by atoms with van der Waals surface area (Å²) in [6.07, 6.45) is 1.73. The molecule has 7 heteroatoms. The molecule has 3 heterocycles. The molecule has 0 saturated carbocycles. The standard InChI is InChI=1S/C25H23N5O2/c1-16-10-11-17(2)20(13-16)27-23(31)14-22-24(32)29(15-18-7-5-6-12-26-18)25-28-19-8-3-4-9-21(19)30(22)25/h3-13,22H,14-15H2,1-2H3,(H,27,31)/t22-/m0/s1. The molecule has 0 unspecified atom stereocenters. The van der Waals surface area contributed by atoms with Crippen molar-refractivity contribution >= 4 is 34.5 Å². The van der Waals surface area contributed by atoms with Crippen molar-refractivity contribution in [1.29, 1.82) is 0 Å². The van der Waals surface area contributed by atoms with Crippen molar-refractivity contribution in [3.8, 4) is 0 Å². The third-order valence-electron chi connectivity index (χ3n) is 5.77. The first-order chi connectivity index (χ1) is 15.5. The number of hydrogen-bond acceptors (Lipinski definition) is 4. The lowest BCUT2D eigenvalue weighted by atomic mass is 10.1. The van der Waals surface area contributed by atoms with Gasteiger partial charge < -0.3 is 5.32 Å². The summed E-state index contributed by atoms with van der Waals surface area (Å²) in [4.78, 5) is 37.1. The van der Waals surface area contributed by atoms with E-state index >= 15 is 0 Å². The number of rotatable bonds is 5. The number of nitrogens with one attached hydrogen (secondary N) is 1. The van der Waals surface area contributed by atoms with E-state index in [1.165, 1.54) is 0 Å². The minimum absolute atomic E-state index is 0.0261. The van der Waals surface area contributed by atoms with Gasteiger partial charge in [0, 0.05) is 11.9 Å². The van der Waals surface area contributed by atoms with Gasteiger partial charge >= 0.3 is 0 Å². The lowest BCUT2D eigenvalue weighted by Crippen LogP contribution is -2.31. The van der Waals surface area contributed by atoms with Crippen molar-refractivity contribution < 1.29 is 9.59 Å². The molecule has 160 valence electrons. The van der Waals surface area contributed by atoms with E-state index in [1.807, 2.05) is 79.1 Å². The van der Waals surface area contributed by atoms with Crippen molar-refractivity contribution in [2.45, 2.75) is 32.9 Å². The van der Waals surface area contributed by atoms with E-state index in [-0.39, 0.29) is 18.2 Å². The molecule has 4 aromatic rings. The van der Waals surface area contributed by atoms with Gasteiger partial charge in [-0.1, -0.05) is 30.3 Å². The molecule has 0 fully saturated rings. The van der Waals surface area contributed by atoms with Crippen molar-refractivity contribution in [3.63, 3.8) is 0 Å². The summed E-state index contributed by atoms with van der Waals surface area (Å²) < 4.78 is 1.88. The number of benzene rings is 2. The minimum Gasteiger partial charge on any atom is -0.326 e. The van der Waals surface area contributed by atoms with Crippen LogP contribution in [-0.2, 0) is 16.1 Å². The van der Waals surface area contributed by atoms with Gasteiger partial charge in [0.05, 0.1) is 29.7 Å². The number of fused-ring (bicyclic) bond motifs is 3. The quantitative estimate of drug-likeness (QED) is 0.521. The van der Waals surface area contributed by atoms with E-state index in [9.17, 15) is 9.59 Å². The molecule has 1 aliphatic rings. The number of nitrogens with zero attached hydrogens (tertiary/aromatic N) is 4. The Labute approximate surface area is 185 Å². The van der Waals surface area contributed by atoms with Crippen molar-refractivity contribution in [2.75, 3.05) is 10.2 Å². The number of pyridine rings is 1. The normalized spacial score (nSPS) is 15.2. The predicted molar refractivity (Wildman–Crippen MR) is 123 cm³/mol. The average molecular weight is 425 g/mol. The van der Waals surface area contributed by atoms with Gasteiger partial charge in [-0.15, -0.1) is 0 Å². The number of anilines is 2. The molecule has 0 aliphatic carbocycles. The molecule has 1 aliphatic heterocycles. The van der Waals surface area contributed by atoms with Crippen LogP contribution < -0.4 is 10.2 Å². The number of carbonyl (C=O) groups is 2. The molecule has 2 aromatic carbocycles. The lowest BCUT2D eigenvalue weighted by Gasteiger charge is -2.16. The number of aryl methyl sites for hydroxylation is 2. The Morgan fingerprint density at radius 1 is 1.06 bits per heavy atom. The molecule has 0 radical (unpaired) electrons. The van der Waals surface area contributed by atoms with Gasteiger partial charge in [-0.05, 0) is 55.3 Å². The Kier molecular flexibility index (Phi) is 4.93. The first kappa shape index (κ1) is 19.9. The molecule has 1 N–H and O–H groups in total. The molecule has 5 rings (SSSR count). The highest BCUT2D eigenvalue weighted by Crippen LogP contribution is 2.37. The fourth-order valence-electron chi connectivity index (χ4n) is 4.15. The Morgan fingerprint density at radius 2 is 1.88 bits per heavy atom. The van der Waals surface area contributed by atoms with Gasteiger partial charge in [-0.3, -0.25) is 24.0 Å². The zero-order chi connectivity index (χ0) is 22.2. The van der Waals surface area contributed by atoms with Crippen LogP contribution in [0.1, 0.15) is 29.3 Å². The first-order valence-corrected chi connectivity index (χ1v) is 10.6. The number of imidazole rings is 1. The topological polar surface area (TPSA) is 80.1 Å². The van der Waals surface area contributed by atoms with Crippen molar-refractivity contribution in [2.24, 2.45) is 0 Å². The second-order valence-corrected chi connectivity index (χ2v) is 8.10. The van der Waals surface area contributed by atoms with Crippen LogP contribution in [0, 0.1) is 13.8 Å². The lowest BCUT2D eigenvalue weighted by molar-refractivity contribution is -0.124. The third kappa shape index (κ3) is 3.51. The minimum atomic E-state index is -0.661. The van der Waals surface area contributed by atoms with Gasteiger partial charge in [-0.2, -0.15) is 0 Å². The van der Waals surface area contributed by atoms with Crippen LogP contribution in [0.2, 0.25) is 0 Å². The summed E-state index contributed by atoms with van der Waals surface area (Å²) in [6.45, 7) is 4.24. The first-order valence-electron chi connectivity index (χ1n) is 10.6. The monoisotopic (exact) mass is 425 g/mol. The van der Waals surface area contributed by atoms with Crippen molar-refractivity contribution in [1.82, 2.24) is 14.5 Å². The smallest absolute Gasteiger partial charge is 0.253 e. The summed E-state index contributed by atoms with van der Waals surface area (Å²) >= 11 is 0. The number of hydrogen-bond donors (Lipinski definition) is 1. The maximum Gasteiger partial charge on any atom is 0.253 e. The van der Waals surface area contributed by atoms with Gasteiger partial charge in [0.1, 0.15) is 6.04 Å². The Morgan fingerprint density at radius 3 is 2.69 bits per heavy atom. The highest BCUT2D eigenvalue weighted by Gasteiger charge is 2.41. The van der Waals surface area contributed by atoms with E-state index < -0.39 is 6.04 Å². The van der Waals surface area contributed by atoms with Crippen LogP contribution >= 0.6 is 0 Å². The van der Waals surface area contributed by atoms with Gasteiger partial charge in [0.15, 0.2) is 0 Å². The van der Waals surface area contributed by atoms with E-state index in [0.717, 1.165) is 33.5 Å². The molecule has 2 amide bonds. The molecule has 0 spiro atoms. The van der Waals surface area contributed by atoms with Crippen LogP contribution in [-0.4, -0.2) is 26.3 Å². The maximum absolute atomic E-state index is 13.4. The highest BCUT2D eigenvalue weighted by molar-refractivity contribution is 6.05. The molecule has 0 saturated heterocycles. The largest absolute Gasteiger partial charge is 0.326 e. The summed E-state index contributed by atoms with van der Waals surface area (Å²) in [6, 6.07) is 18.5. The molecule has 2 aromatic heterocycles. The van der Waals surface area contributed by atoms with E-state index in [0.29, 0.717) is 12.5 Å².